The zero-order valence-electron chi connectivity index (χ0n) is 13.3. The number of amides is 1. The molecule has 0 saturated carbocycles. The van der Waals surface area contributed by atoms with Crippen molar-refractivity contribution in [2.45, 2.75) is 24.0 Å². The molecule has 0 aliphatic carbocycles. The average Bonchev–Trinajstić information content (AvgIpc) is 2.99. The SMILES string of the molecule is CC(NC(=O)CNS(=O)(=O)c1cccc(C(F)(F)F)c1)c1ccc(Cl)s1. The maximum atomic E-state index is 12.7. The Morgan fingerprint density at radius 3 is 2.54 bits per heavy atom. The smallest absolute Gasteiger partial charge is 0.348 e. The fraction of sp³-hybridized carbons (Fsp3) is 0.267. The van der Waals surface area contributed by atoms with Crippen LogP contribution in [0.2, 0.25) is 4.34 Å². The number of hydrogen-bond donors (Lipinski definition) is 2. The molecule has 0 spiro atoms. The molecule has 2 N–H and O–H groups in total. The van der Waals surface area contributed by atoms with Crippen LogP contribution in [0.4, 0.5) is 13.2 Å². The highest BCUT2D eigenvalue weighted by atomic mass is 35.5. The third-order valence-corrected chi connectivity index (χ3v) is 6.11. The van der Waals surface area contributed by atoms with E-state index in [1.54, 1.807) is 19.1 Å². The average molecular weight is 427 g/mol. The Bertz CT molecular complexity index is 898. The van der Waals surface area contributed by atoms with Crippen LogP contribution in [0.3, 0.4) is 0 Å². The van der Waals surface area contributed by atoms with Gasteiger partial charge in [-0.15, -0.1) is 11.3 Å². The maximum Gasteiger partial charge on any atom is 0.416 e. The zero-order chi connectivity index (χ0) is 19.5. The summed E-state index contributed by atoms with van der Waals surface area (Å²) in [7, 11) is -4.26. The van der Waals surface area contributed by atoms with Crippen molar-refractivity contribution >= 4 is 38.9 Å². The predicted molar refractivity (Wildman–Crippen MR) is 92.5 cm³/mol. The van der Waals surface area contributed by atoms with Crippen molar-refractivity contribution in [2.75, 3.05) is 6.54 Å². The number of thiophene rings is 1. The van der Waals surface area contributed by atoms with Crippen LogP contribution in [0.15, 0.2) is 41.3 Å². The van der Waals surface area contributed by atoms with E-state index in [1.807, 2.05) is 4.72 Å². The molecule has 0 saturated heterocycles. The molecule has 0 bridgehead atoms. The number of carbonyl (C=O) groups is 1. The Kier molecular flexibility index (Phi) is 6.33. The minimum atomic E-state index is -4.67. The van der Waals surface area contributed by atoms with E-state index in [2.05, 4.69) is 5.32 Å². The Morgan fingerprint density at radius 2 is 1.96 bits per heavy atom. The standard InChI is InChI=1S/C15H14ClF3N2O3S2/c1-9(12-5-6-13(16)25-12)21-14(22)8-20-26(23,24)11-4-2-3-10(7-11)15(17,18)19/h2-7,9,20H,8H2,1H3,(H,21,22). The molecule has 0 radical (unpaired) electrons. The maximum absolute atomic E-state index is 12.7. The van der Waals surface area contributed by atoms with Gasteiger partial charge in [-0.05, 0) is 37.3 Å². The van der Waals surface area contributed by atoms with E-state index >= 15 is 0 Å². The largest absolute Gasteiger partial charge is 0.416 e. The van der Waals surface area contributed by atoms with Gasteiger partial charge in [0.25, 0.3) is 0 Å². The first-order valence-corrected chi connectivity index (χ1v) is 9.88. The first-order chi connectivity index (χ1) is 12.0. The number of nitrogens with one attached hydrogen (secondary N) is 2. The third kappa shape index (κ3) is 5.44. The van der Waals surface area contributed by atoms with Gasteiger partial charge < -0.3 is 5.32 Å². The van der Waals surface area contributed by atoms with Gasteiger partial charge in [0.05, 0.1) is 27.4 Å². The minimum absolute atomic E-state index is 0.391. The molecule has 1 amide bonds. The van der Waals surface area contributed by atoms with Crippen molar-refractivity contribution in [3.8, 4) is 0 Å². The summed E-state index contributed by atoms with van der Waals surface area (Å²) in [5.74, 6) is -0.627. The van der Waals surface area contributed by atoms with Crippen LogP contribution in [0.25, 0.3) is 0 Å². The second-order valence-corrected chi connectivity index (χ2v) is 8.79. The summed E-state index contributed by atoms with van der Waals surface area (Å²) < 4.78 is 64.8. The second-order valence-electron chi connectivity index (χ2n) is 5.28. The summed E-state index contributed by atoms with van der Waals surface area (Å²) in [5.41, 5.74) is -1.09. The number of benzene rings is 1. The van der Waals surface area contributed by atoms with E-state index in [4.69, 9.17) is 11.6 Å². The predicted octanol–water partition coefficient (Wildman–Crippen LogP) is 3.58. The Balaban J connectivity index is 2.00. The van der Waals surface area contributed by atoms with E-state index in [9.17, 15) is 26.4 Å². The van der Waals surface area contributed by atoms with Gasteiger partial charge in [-0.25, -0.2) is 13.1 Å². The lowest BCUT2D eigenvalue weighted by Gasteiger charge is -2.13. The lowest BCUT2D eigenvalue weighted by Crippen LogP contribution is -2.37. The van der Waals surface area contributed by atoms with E-state index in [0.29, 0.717) is 10.4 Å². The van der Waals surface area contributed by atoms with Crippen LogP contribution in [0.1, 0.15) is 23.4 Å². The number of alkyl halides is 3. The first-order valence-electron chi connectivity index (χ1n) is 7.20. The van der Waals surface area contributed by atoms with Crippen molar-refractivity contribution in [1.29, 1.82) is 0 Å². The van der Waals surface area contributed by atoms with Gasteiger partial charge in [0.15, 0.2) is 0 Å². The molecule has 1 heterocycles. The zero-order valence-corrected chi connectivity index (χ0v) is 15.7. The van der Waals surface area contributed by atoms with Crippen molar-refractivity contribution in [1.82, 2.24) is 10.0 Å². The molecule has 0 aliphatic heterocycles. The molecule has 1 aromatic heterocycles. The van der Waals surface area contributed by atoms with Gasteiger partial charge >= 0.3 is 6.18 Å². The van der Waals surface area contributed by atoms with Crippen LogP contribution in [0, 0.1) is 0 Å². The second kappa shape index (κ2) is 7.95. The highest BCUT2D eigenvalue weighted by Crippen LogP contribution is 2.30. The fourth-order valence-corrected chi connectivity index (χ4v) is 4.10. The molecule has 0 aliphatic rings. The summed E-state index contributed by atoms with van der Waals surface area (Å²) in [4.78, 5) is 12.1. The van der Waals surface area contributed by atoms with E-state index in [1.165, 1.54) is 11.3 Å². The highest BCUT2D eigenvalue weighted by Gasteiger charge is 2.31. The topological polar surface area (TPSA) is 75.3 Å². The number of hydrogen-bond acceptors (Lipinski definition) is 4. The molecule has 142 valence electrons. The fourth-order valence-electron chi connectivity index (χ4n) is 2.01. The highest BCUT2D eigenvalue weighted by molar-refractivity contribution is 7.89. The summed E-state index contributed by atoms with van der Waals surface area (Å²) in [5, 5.41) is 2.58. The monoisotopic (exact) mass is 426 g/mol. The first kappa shape index (κ1) is 20.7. The van der Waals surface area contributed by atoms with Gasteiger partial charge in [0.1, 0.15) is 0 Å². The number of halogens is 4. The Hall–Kier alpha value is -1.62. The van der Waals surface area contributed by atoms with E-state index < -0.39 is 45.2 Å². The summed E-state index contributed by atoms with van der Waals surface area (Å²) >= 11 is 7.08. The lowest BCUT2D eigenvalue weighted by atomic mass is 10.2. The van der Waals surface area contributed by atoms with Gasteiger partial charge in [-0.1, -0.05) is 17.7 Å². The minimum Gasteiger partial charge on any atom is -0.348 e. The van der Waals surface area contributed by atoms with Crippen molar-refractivity contribution < 1.29 is 26.4 Å². The summed E-state index contributed by atoms with van der Waals surface area (Å²) in [6.07, 6.45) is -4.67. The molecule has 1 aromatic carbocycles. The van der Waals surface area contributed by atoms with Crippen LogP contribution >= 0.6 is 22.9 Å². The van der Waals surface area contributed by atoms with Gasteiger partial charge in [0, 0.05) is 4.88 Å². The molecule has 11 heteroatoms. The van der Waals surface area contributed by atoms with Crippen molar-refractivity contribution in [2.24, 2.45) is 0 Å². The molecule has 1 unspecified atom stereocenters. The third-order valence-electron chi connectivity index (χ3n) is 3.29. The Morgan fingerprint density at radius 1 is 1.27 bits per heavy atom. The summed E-state index contributed by atoms with van der Waals surface area (Å²) in [6.45, 7) is 1.09. The van der Waals surface area contributed by atoms with Gasteiger partial charge in [0.2, 0.25) is 15.9 Å². The Labute approximate surface area is 157 Å². The van der Waals surface area contributed by atoms with Crippen LogP contribution in [-0.4, -0.2) is 20.9 Å². The number of sulfonamides is 1. The molecule has 0 fully saturated rings. The van der Waals surface area contributed by atoms with Crippen LogP contribution in [0.5, 0.6) is 0 Å². The van der Waals surface area contributed by atoms with Gasteiger partial charge in [-0.3, -0.25) is 4.79 Å². The van der Waals surface area contributed by atoms with Gasteiger partial charge in [-0.2, -0.15) is 13.2 Å². The quantitative estimate of drug-likeness (QED) is 0.741. The number of carbonyl (C=O) groups excluding carboxylic acids is 1. The van der Waals surface area contributed by atoms with E-state index in [-0.39, 0.29) is 0 Å². The number of rotatable bonds is 6. The molecule has 2 aromatic rings. The van der Waals surface area contributed by atoms with Crippen LogP contribution < -0.4 is 10.0 Å². The van der Waals surface area contributed by atoms with Crippen LogP contribution in [-0.2, 0) is 21.0 Å². The van der Waals surface area contributed by atoms with E-state index in [0.717, 1.165) is 23.1 Å². The molecule has 1 atom stereocenters. The molecular formula is C15H14ClF3N2O3S2. The molecule has 26 heavy (non-hydrogen) atoms. The normalized spacial score (nSPS) is 13.4. The van der Waals surface area contributed by atoms with Crippen molar-refractivity contribution in [3.05, 3.63) is 51.2 Å². The molecular weight excluding hydrogens is 413 g/mol. The van der Waals surface area contributed by atoms with Crippen molar-refractivity contribution in [3.63, 3.8) is 0 Å². The molecule has 2 rings (SSSR count). The summed E-state index contributed by atoms with van der Waals surface area (Å²) in [6, 6.07) is 6.28. The lowest BCUT2D eigenvalue weighted by molar-refractivity contribution is -0.137. The molecule has 5 nitrogen and oxygen atoms in total.